The van der Waals surface area contributed by atoms with Gasteiger partial charge < -0.3 is 0 Å². The van der Waals surface area contributed by atoms with Crippen LogP contribution in [0.4, 0.5) is 0 Å². The number of fused-ring (bicyclic) bond motifs is 1. The number of Topliss-reactive ketones (excluding diaryl/α,β-unsaturated/α-hetero) is 1. The molecule has 0 aromatic carbocycles. The van der Waals surface area contributed by atoms with Crippen molar-refractivity contribution in [1.82, 2.24) is 0 Å². The Labute approximate surface area is 137 Å². The monoisotopic (exact) mass is 386 g/mol. The Balaban J connectivity index is 2.16. The molecule has 0 aromatic heterocycles. The van der Waals surface area contributed by atoms with Crippen molar-refractivity contribution in [3.05, 3.63) is 21.8 Å². The van der Waals surface area contributed by atoms with Crippen molar-refractivity contribution < 1.29 is 4.79 Å². The second-order valence-corrected chi connectivity index (χ2v) is 8.51. The van der Waals surface area contributed by atoms with Gasteiger partial charge in [-0.2, -0.15) is 0 Å². The minimum absolute atomic E-state index is 0.0859. The zero-order chi connectivity index (χ0) is 15.0. The van der Waals surface area contributed by atoms with Gasteiger partial charge in [-0.1, -0.05) is 32.1 Å². The zero-order valence-electron chi connectivity index (χ0n) is 13.1. The summed E-state index contributed by atoms with van der Waals surface area (Å²) in [7, 11) is 0. The molecule has 0 spiro atoms. The highest BCUT2D eigenvalue weighted by Crippen LogP contribution is 2.56. The Morgan fingerprint density at radius 3 is 2.80 bits per heavy atom. The molecule has 20 heavy (non-hydrogen) atoms. The van der Waals surface area contributed by atoms with Gasteiger partial charge in [-0.15, -0.1) is 0 Å². The second kappa shape index (κ2) is 5.94. The maximum Gasteiger partial charge on any atom is 0.142 e. The molecular weight excluding hydrogens is 359 g/mol. The second-order valence-electron chi connectivity index (χ2n) is 7.13. The van der Waals surface area contributed by atoms with Gasteiger partial charge >= 0.3 is 0 Å². The molecule has 0 N–H and O–H groups in total. The summed E-state index contributed by atoms with van der Waals surface area (Å²) >= 11 is 2.39. The van der Waals surface area contributed by atoms with Crippen LogP contribution < -0.4 is 0 Å². The van der Waals surface area contributed by atoms with Crippen molar-refractivity contribution in [1.29, 1.82) is 0 Å². The molecule has 112 valence electrons. The van der Waals surface area contributed by atoms with E-state index in [0.717, 1.165) is 44.9 Å². The van der Waals surface area contributed by atoms with Gasteiger partial charge in [-0.25, -0.2) is 0 Å². The number of ketones is 1. The van der Waals surface area contributed by atoms with Gasteiger partial charge in [0.05, 0.1) is 0 Å². The highest BCUT2D eigenvalue weighted by molar-refractivity contribution is 14.1. The molecule has 2 saturated carbocycles. The van der Waals surface area contributed by atoms with E-state index in [2.05, 4.69) is 56.0 Å². The smallest absolute Gasteiger partial charge is 0.142 e. The Bertz CT molecular complexity index is 450. The molecule has 2 rings (SSSR count). The molecule has 2 heteroatoms. The fraction of sp³-hybridized carbons (Fsp3) is 0.722. The lowest BCUT2D eigenvalue weighted by molar-refractivity contribution is -0.142. The molecule has 3 atom stereocenters. The number of rotatable bonds is 3. The predicted molar refractivity (Wildman–Crippen MR) is 93.9 cm³/mol. The van der Waals surface area contributed by atoms with Crippen LogP contribution in [0.15, 0.2) is 21.8 Å². The maximum absolute atomic E-state index is 13.1. The average Bonchev–Trinajstić information content (AvgIpc) is 2.44. The number of hydrogen-bond acceptors (Lipinski definition) is 1. The Morgan fingerprint density at radius 2 is 2.15 bits per heavy atom. The van der Waals surface area contributed by atoms with Gasteiger partial charge in [0.2, 0.25) is 0 Å². The predicted octanol–water partition coefficient (Wildman–Crippen LogP) is 5.84. The van der Waals surface area contributed by atoms with Gasteiger partial charge in [0.1, 0.15) is 5.78 Å². The van der Waals surface area contributed by atoms with Crippen molar-refractivity contribution in [3.63, 3.8) is 0 Å². The number of hydrogen-bond donors (Lipinski definition) is 0. The largest absolute Gasteiger partial charge is 0.299 e. The molecule has 0 aliphatic heterocycles. The van der Waals surface area contributed by atoms with Crippen LogP contribution in [0, 0.1) is 16.7 Å². The van der Waals surface area contributed by atoms with Gasteiger partial charge in [0, 0.05) is 11.3 Å². The highest BCUT2D eigenvalue weighted by atomic mass is 127. The molecule has 2 aliphatic rings. The summed E-state index contributed by atoms with van der Waals surface area (Å²) in [6.45, 7) is 10.8. The summed E-state index contributed by atoms with van der Waals surface area (Å²) in [4.78, 5) is 13.1. The topological polar surface area (TPSA) is 17.1 Å². The van der Waals surface area contributed by atoms with Crippen LogP contribution in [0.3, 0.4) is 0 Å². The van der Waals surface area contributed by atoms with Gasteiger partial charge in [-0.3, -0.25) is 4.79 Å². The standard InChI is InChI=1S/C18H27IO/c1-5-14(19)9-10-17(3)11-12-18(4)13(2)7-6-8-15(18)16(17)20/h5,15H,2,6-12H2,1,3-4H3/b14-5+/t15-,17-,18+/m1/s1. The summed E-state index contributed by atoms with van der Waals surface area (Å²) in [5.74, 6) is 0.748. The molecule has 0 amide bonds. The molecular formula is C18H27IO. The summed E-state index contributed by atoms with van der Waals surface area (Å²) < 4.78 is 1.37. The van der Waals surface area contributed by atoms with Crippen LogP contribution in [0.1, 0.15) is 65.7 Å². The van der Waals surface area contributed by atoms with E-state index in [0.29, 0.717) is 5.78 Å². The van der Waals surface area contributed by atoms with Crippen molar-refractivity contribution in [2.24, 2.45) is 16.7 Å². The van der Waals surface area contributed by atoms with Crippen molar-refractivity contribution in [2.75, 3.05) is 0 Å². The molecule has 2 fully saturated rings. The summed E-state index contributed by atoms with van der Waals surface area (Å²) in [5.41, 5.74) is 1.30. The van der Waals surface area contributed by atoms with E-state index in [9.17, 15) is 4.79 Å². The first-order valence-corrected chi connectivity index (χ1v) is 8.94. The minimum Gasteiger partial charge on any atom is -0.299 e. The van der Waals surface area contributed by atoms with Crippen LogP contribution >= 0.6 is 22.6 Å². The maximum atomic E-state index is 13.1. The molecule has 0 unspecified atom stereocenters. The van der Waals surface area contributed by atoms with E-state index in [1.165, 1.54) is 9.15 Å². The third-order valence-corrected chi connectivity index (χ3v) is 7.05. The number of halogens is 1. The Kier molecular flexibility index (Phi) is 4.83. The quantitative estimate of drug-likeness (QED) is 0.440. The van der Waals surface area contributed by atoms with Crippen LogP contribution in [-0.2, 0) is 4.79 Å². The van der Waals surface area contributed by atoms with E-state index in [1.54, 1.807) is 0 Å². The number of carbonyl (C=O) groups excluding carboxylic acids is 1. The first-order valence-electron chi connectivity index (χ1n) is 7.87. The summed E-state index contributed by atoms with van der Waals surface area (Å²) in [5, 5.41) is 0. The first-order chi connectivity index (χ1) is 9.33. The van der Waals surface area contributed by atoms with Crippen LogP contribution in [0.2, 0.25) is 0 Å². The third-order valence-electron chi connectivity index (χ3n) is 5.88. The van der Waals surface area contributed by atoms with E-state index >= 15 is 0 Å². The molecule has 1 nitrogen and oxygen atoms in total. The minimum atomic E-state index is -0.110. The van der Waals surface area contributed by atoms with Crippen molar-refractivity contribution in [2.45, 2.75) is 65.7 Å². The summed E-state index contributed by atoms with van der Waals surface area (Å²) in [6.07, 6.45) is 9.73. The van der Waals surface area contributed by atoms with Crippen LogP contribution in [0.5, 0.6) is 0 Å². The van der Waals surface area contributed by atoms with Gasteiger partial charge in [0.15, 0.2) is 0 Å². The molecule has 2 aliphatic carbocycles. The lowest BCUT2D eigenvalue weighted by atomic mass is 9.52. The Morgan fingerprint density at radius 1 is 1.45 bits per heavy atom. The zero-order valence-corrected chi connectivity index (χ0v) is 15.3. The molecule has 0 aromatic rings. The van der Waals surface area contributed by atoms with Crippen LogP contribution in [-0.4, -0.2) is 5.78 Å². The van der Waals surface area contributed by atoms with Gasteiger partial charge in [0.25, 0.3) is 0 Å². The van der Waals surface area contributed by atoms with Crippen molar-refractivity contribution in [3.8, 4) is 0 Å². The van der Waals surface area contributed by atoms with E-state index in [4.69, 9.17) is 0 Å². The normalized spacial score (nSPS) is 38.8. The fourth-order valence-electron chi connectivity index (χ4n) is 4.01. The lowest BCUT2D eigenvalue weighted by Gasteiger charge is -2.51. The molecule has 0 saturated heterocycles. The first kappa shape index (κ1) is 16.3. The highest BCUT2D eigenvalue weighted by Gasteiger charge is 2.52. The lowest BCUT2D eigenvalue weighted by Crippen LogP contribution is -2.49. The Hall–Kier alpha value is -0.120. The van der Waals surface area contributed by atoms with Gasteiger partial charge in [-0.05, 0) is 83.5 Å². The summed E-state index contributed by atoms with van der Waals surface area (Å²) in [6, 6.07) is 0. The van der Waals surface area contributed by atoms with E-state index < -0.39 is 0 Å². The third kappa shape index (κ3) is 2.77. The molecule has 0 radical (unpaired) electrons. The fourth-order valence-corrected chi connectivity index (χ4v) is 4.28. The average molecular weight is 386 g/mol. The number of carbonyl (C=O) groups is 1. The molecule has 0 heterocycles. The van der Waals surface area contributed by atoms with Crippen LogP contribution in [0.25, 0.3) is 0 Å². The van der Waals surface area contributed by atoms with E-state index in [1.807, 2.05) is 0 Å². The SMILES string of the molecule is C=C1CCC[C@@H]2C(=O)[C@](C)(CC/C(I)=C\C)CC[C@@]12C. The van der Waals surface area contributed by atoms with E-state index in [-0.39, 0.29) is 16.7 Å². The molecule has 0 bridgehead atoms. The van der Waals surface area contributed by atoms with Crippen molar-refractivity contribution >= 4 is 28.4 Å². The number of allylic oxidation sites excluding steroid dienone is 3.